The Kier molecular flexibility index (Phi) is 7.65. The second-order valence-corrected chi connectivity index (χ2v) is 5.10. The van der Waals surface area contributed by atoms with E-state index in [1.165, 1.54) is 0 Å². The molecule has 2 heteroatoms. The Balaban J connectivity index is 5.01. The van der Waals surface area contributed by atoms with E-state index in [0.717, 1.165) is 32.0 Å². The topological polar surface area (TPSA) is 26.3 Å². The number of rotatable bonds is 9. The number of methoxy groups -OCH3 is 1. The van der Waals surface area contributed by atoms with Gasteiger partial charge in [-0.3, -0.25) is 0 Å². The molecule has 2 unspecified atom stereocenters. The summed E-state index contributed by atoms with van der Waals surface area (Å²) in [5, 5.41) is 0. The van der Waals surface area contributed by atoms with Crippen molar-refractivity contribution in [2.45, 2.75) is 53.4 Å². The van der Waals surface area contributed by atoms with Gasteiger partial charge in [0.15, 0.2) is 0 Å². The van der Waals surface area contributed by atoms with Crippen molar-refractivity contribution < 1.29 is 9.53 Å². The van der Waals surface area contributed by atoms with Crippen LogP contribution in [0.4, 0.5) is 0 Å². The summed E-state index contributed by atoms with van der Waals surface area (Å²) in [5.74, 6) is 0.617. The average molecular weight is 228 g/mol. The number of aldehydes is 1. The second kappa shape index (κ2) is 7.83. The van der Waals surface area contributed by atoms with Gasteiger partial charge in [0.05, 0.1) is 6.61 Å². The zero-order valence-corrected chi connectivity index (χ0v) is 11.6. The average Bonchev–Trinajstić information content (AvgIpc) is 2.25. The van der Waals surface area contributed by atoms with Crippen molar-refractivity contribution in [2.24, 2.45) is 17.3 Å². The fourth-order valence-electron chi connectivity index (χ4n) is 2.78. The monoisotopic (exact) mass is 228 g/mol. The van der Waals surface area contributed by atoms with E-state index >= 15 is 0 Å². The Bertz CT molecular complexity index is 181. The summed E-state index contributed by atoms with van der Waals surface area (Å²) in [7, 11) is 1.74. The second-order valence-electron chi connectivity index (χ2n) is 5.10. The summed E-state index contributed by atoms with van der Waals surface area (Å²) in [4.78, 5) is 11.3. The molecule has 0 aromatic carbocycles. The molecule has 0 bridgehead atoms. The van der Waals surface area contributed by atoms with Gasteiger partial charge in [0.2, 0.25) is 0 Å². The maximum Gasteiger partial charge on any atom is 0.123 e. The van der Waals surface area contributed by atoms with Crippen LogP contribution in [0, 0.1) is 17.3 Å². The fourth-order valence-corrected chi connectivity index (χ4v) is 2.78. The van der Waals surface area contributed by atoms with Gasteiger partial charge in [-0.1, -0.05) is 40.5 Å². The lowest BCUT2D eigenvalue weighted by Crippen LogP contribution is -2.41. The minimum atomic E-state index is 0.0290. The molecule has 0 aromatic rings. The minimum absolute atomic E-state index is 0.0290. The zero-order valence-electron chi connectivity index (χ0n) is 11.6. The van der Waals surface area contributed by atoms with Gasteiger partial charge in [-0.2, -0.15) is 0 Å². The molecule has 0 aromatic heterocycles. The third-order valence-electron chi connectivity index (χ3n) is 3.78. The van der Waals surface area contributed by atoms with Crippen molar-refractivity contribution in [3.63, 3.8) is 0 Å². The summed E-state index contributed by atoms with van der Waals surface area (Å²) in [6, 6.07) is 0. The normalized spacial score (nSPS) is 17.1. The Hall–Kier alpha value is -0.370. The molecule has 0 radical (unpaired) electrons. The van der Waals surface area contributed by atoms with Crippen molar-refractivity contribution in [2.75, 3.05) is 13.7 Å². The molecule has 0 fully saturated rings. The first kappa shape index (κ1) is 15.6. The molecule has 0 aliphatic carbocycles. The van der Waals surface area contributed by atoms with Gasteiger partial charge in [0.25, 0.3) is 0 Å². The van der Waals surface area contributed by atoms with E-state index in [0.29, 0.717) is 12.5 Å². The van der Waals surface area contributed by atoms with Crippen LogP contribution in [-0.2, 0) is 9.53 Å². The Morgan fingerprint density at radius 2 is 1.88 bits per heavy atom. The number of hydrogen-bond donors (Lipinski definition) is 0. The summed E-state index contributed by atoms with van der Waals surface area (Å²) < 4.78 is 5.39. The van der Waals surface area contributed by atoms with Crippen molar-refractivity contribution in [1.82, 2.24) is 0 Å². The molecule has 0 spiro atoms. The van der Waals surface area contributed by atoms with Crippen LogP contribution in [0.25, 0.3) is 0 Å². The number of hydrogen-bond acceptors (Lipinski definition) is 2. The van der Waals surface area contributed by atoms with Crippen LogP contribution in [0.3, 0.4) is 0 Å². The van der Waals surface area contributed by atoms with E-state index < -0.39 is 0 Å². The van der Waals surface area contributed by atoms with Crippen LogP contribution < -0.4 is 0 Å². The lowest BCUT2D eigenvalue weighted by Gasteiger charge is -2.41. The molecule has 2 nitrogen and oxygen atoms in total. The maximum absolute atomic E-state index is 11.3. The lowest BCUT2D eigenvalue weighted by atomic mass is 9.64. The van der Waals surface area contributed by atoms with Crippen LogP contribution in [0.2, 0.25) is 0 Å². The first-order valence-corrected chi connectivity index (χ1v) is 6.53. The highest BCUT2D eigenvalue weighted by molar-refractivity contribution is 5.55. The smallest absolute Gasteiger partial charge is 0.123 e. The molecular weight excluding hydrogens is 200 g/mol. The predicted molar refractivity (Wildman–Crippen MR) is 68.5 cm³/mol. The molecule has 96 valence electrons. The standard InChI is InChI=1S/C14H28O2/c1-6-8-13(10-15)14(9-7-2,11-16-5)12(3)4/h10,12-13H,6-9,11H2,1-5H3. The Morgan fingerprint density at radius 1 is 1.25 bits per heavy atom. The zero-order chi connectivity index (χ0) is 12.6. The Morgan fingerprint density at radius 3 is 2.19 bits per heavy atom. The van der Waals surface area contributed by atoms with Crippen molar-refractivity contribution in [1.29, 1.82) is 0 Å². The molecular formula is C14H28O2. The van der Waals surface area contributed by atoms with E-state index in [1.54, 1.807) is 7.11 Å². The summed E-state index contributed by atoms with van der Waals surface area (Å²) in [6.45, 7) is 9.44. The van der Waals surface area contributed by atoms with Crippen molar-refractivity contribution in [3.05, 3.63) is 0 Å². The molecule has 0 N–H and O–H groups in total. The summed E-state index contributed by atoms with van der Waals surface area (Å²) >= 11 is 0. The third-order valence-corrected chi connectivity index (χ3v) is 3.78. The van der Waals surface area contributed by atoms with Gasteiger partial charge >= 0.3 is 0 Å². The SMILES string of the molecule is CCCC(C=O)C(CCC)(COC)C(C)C. The Labute approximate surface area is 101 Å². The number of carbonyl (C=O) groups excluding carboxylic acids is 1. The summed E-state index contributed by atoms with van der Waals surface area (Å²) in [6.07, 6.45) is 5.37. The molecule has 0 amide bonds. The molecule has 0 aliphatic rings. The van der Waals surface area contributed by atoms with Gasteiger partial charge < -0.3 is 9.53 Å². The van der Waals surface area contributed by atoms with E-state index in [2.05, 4.69) is 27.7 Å². The number of ether oxygens (including phenoxy) is 1. The lowest BCUT2D eigenvalue weighted by molar-refractivity contribution is -0.120. The molecule has 16 heavy (non-hydrogen) atoms. The molecule has 0 heterocycles. The third kappa shape index (κ3) is 3.58. The quantitative estimate of drug-likeness (QED) is 0.563. The molecule has 2 atom stereocenters. The number of carbonyl (C=O) groups is 1. The van der Waals surface area contributed by atoms with Crippen LogP contribution >= 0.6 is 0 Å². The maximum atomic E-state index is 11.3. The highest BCUT2D eigenvalue weighted by Crippen LogP contribution is 2.42. The van der Waals surface area contributed by atoms with E-state index in [9.17, 15) is 4.79 Å². The molecule has 0 saturated heterocycles. The highest BCUT2D eigenvalue weighted by Gasteiger charge is 2.40. The van der Waals surface area contributed by atoms with Gasteiger partial charge in [0, 0.05) is 18.4 Å². The van der Waals surface area contributed by atoms with Crippen LogP contribution in [0.1, 0.15) is 53.4 Å². The van der Waals surface area contributed by atoms with E-state index in [-0.39, 0.29) is 11.3 Å². The molecule has 0 aliphatic heterocycles. The first-order chi connectivity index (χ1) is 7.58. The molecule has 0 saturated carbocycles. The van der Waals surface area contributed by atoms with Crippen LogP contribution in [-0.4, -0.2) is 20.0 Å². The van der Waals surface area contributed by atoms with Crippen molar-refractivity contribution >= 4 is 6.29 Å². The highest BCUT2D eigenvalue weighted by atomic mass is 16.5. The van der Waals surface area contributed by atoms with Gasteiger partial charge in [-0.05, 0) is 18.8 Å². The summed E-state index contributed by atoms with van der Waals surface area (Å²) in [5.41, 5.74) is 0.0290. The van der Waals surface area contributed by atoms with E-state index in [4.69, 9.17) is 4.74 Å². The van der Waals surface area contributed by atoms with Crippen LogP contribution in [0.15, 0.2) is 0 Å². The first-order valence-electron chi connectivity index (χ1n) is 6.53. The van der Waals surface area contributed by atoms with Gasteiger partial charge in [-0.25, -0.2) is 0 Å². The minimum Gasteiger partial charge on any atom is -0.384 e. The van der Waals surface area contributed by atoms with Gasteiger partial charge in [0.1, 0.15) is 6.29 Å². The van der Waals surface area contributed by atoms with Gasteiger partial charge in [-0.15, -0.1) is 0 Å². The van der Waals surface area contributed by atoms with Crippen LogP contribution in [0.5, 0.6) is 0 Å². The largest absolute Gasteiger partial charge is 0.384 e. The fraction of sp³-hybridized carbons (Fsp3) is 0.929. The van der Waals surface area contributed by atoms with Crippen molar-refractivity contribution in [3.8, 4) is 0 Å². The molecule has 0 rings (SSSR count). The predicted octanol–water partition coefficient (Wildman–Crippen LogP) is 3.69. The van der Waals surface area contributed by atoms with E-state index in [1.807, 2.05) is 0 Å².